The molecule has 3 rings (SSSR count). The number of nitrogens with one attached hydrogen (secondary N) is 3. The van der Waals surface area contributed by atoms with Crippen LogP contribution in [0.3, 0.4) is 0 Å². The lowest BCUT2D eigenvalue weighted by atomic mass is 10.1. The molecule has 8 nitrogen and oxygen atoms in total. The average Bonchev–Trinajstić information content (AvgIpc) is 2.74. The van der Waals surface area contributed by atoms with E-state index in [4.69, 9.17) is 0 Å². The van der Waals surface area contributed by atoms with Crippen molar-refractivity contribution >= 4 is 35.0 Å². The zero-order chi connectivity index (χ0) is 15.0. The number of carbonyl (C=O) groups excluding carboxylic acids is 4. The second kappa shape index (κ2) is 4.82. The van der Waals surface area contributed by atoms with E-state index in [1.165, 1.54) is 18.2 Å². The minimum atomic E-state index is -0.492. The molecule has 0 unspecified atom stereocenters. The minimum Gasteiger partial charge on any atom is -0.321 e. The standard InChI is InChI=1S/C13H10N4O4/c18-10-4-3-9(16-17-10)13(21)14-6-1-2-7-8(5-6)12(20)15-11(7)19/h1-2,5H,3-4H2,(H,14,21)(H,17,18)(H,15,19,20). The molecular formula is C13H10N4O4. The van der Waals surface area contributed by atoms with E-state index in [9.17, 15) is 19.2 Å². The highest BCUT2D eigenvalue weighted by molar-refractivity contribution is 6.43. The summed E-state index contributed by atoms with van der Waals surface area (Å²) in [6, 6.07) is 4.42. The Bertz CT molecular complexity index is 723. The Morgan fingerprint density at radius 1 is 1.10 bits per heavy atom. The third-order valence-corrected chi connectivity index (χ3v) is 3.16. The summed E-state index contributed by atoms with van der Waals surface area (Å²) in [5, 5.41) is 8.43. The van der Waals surface area contributed by atoms with Crippen LogP contribution in [0.25, 0.3) is 0 Å². The fourth-order valence-electron chi connectivity index (χ4n) is 2.09. The molecule has 0 saturated heterocycles. The Morgan fingerprint density at radius 3 is 2.57 bits per heavy atom. The van der Waals surface area contributed by atoms with Gasteiger partial charge in [0.25, 0.3) is 17.7 Å². The van der Waals surface area contributed by atoms with Gasteiger partial charge in [0.05, 0.1) is 11.1 Å². The first-order valence-electron chi connectivity index (χ1n) is 6.21. The van der Waals surface area contributed by atoms with Crippen molar-refractivity contribution in [1.82, 2.24) is 10.7 Å². The first kappa shape index (κ1) is 13.0. The SMILES string of the molecule is O=C1CCC(C(=O)Nc2ccc3c(c2)C(=O)NC3=O)=NN1. The Balaban J connectivity index is 1.79. The van der Waals surface area contributed by atoms with Gasteiger partial charge in [-0.15, -0.1) is 0 Å². The summed E-state index contributed by atoms with van der Waals surface area (Å²) in [6.45, 7) is 0. The summed E-state index contributed by atoms with van der Waals surface area (Å²) in [5.41, 5.74) is 3.31. The van der Waals surface area contributed by atoms with Crippen molar-refractivity contribution in [2.24, 2.45) is 5.10 Å². The zero-order valence-corrected chi connectivity index (χ0v) is 10.7. The van der Waals surface area contributed by atoms with Crippen LogP contribution in [0.4, 0.5) is 5.69 Å². The minimum absolute atomic E-state index is 0.202. The lowest BCUT2D eigenvalue weighted by Crippen LogP contribution is -2.32. The third-order valence-electron chi connectivity index (χ3n) is 3.16. The van der Waals surface area contributed by atoms with E-state index in [0.29, 0.717) is 5.69 Å². The normalized spacial score (nSPS) is 16.8. The molecule has 2 heterocycles. The Labute approximate surface area is 118 Å². The van der Waals surface area contributed by atoms with Crippen molar-refractivity contribution in [3.05, 3.63) is 29.3 Å². The molecule has 0 saturated carbocycles. The molecule has 1 aromatic carbocycles. The van der Waals surface area contributed by atoms with E-state index in [1.807, 2.05) is 0 Å². The fourth-order valence-corrected chi connectivity index (χ4v) is 2.09. The van der Waals surface area contributed by atoms with Gasteiger partial charge in [0.15, 0.2) is 0 Å². The van der Waals surface area contributed by atoms with E-state index in [2.05, 4.69) is 21.2 Å². The molecule has 0 aliphatic carbocycles. The Morgan fingerprint density at radius 2 is 1.86 bits per heavy atom. The molecule has 106 valence electrons. The molecule has 1 aromatic rings. The molecule has 4 amide bonds. The number of hydrogen-bond acceptors (Lipinski definition) is 5. The van der Waals surface area contributed by atoms with Crippen LogP contribution in [0.5, 0.6) is 0 Å². The van der Waals surface area contributed by atoms with Crippen molar-refractivity contribution < 1.29 is 19.2 Å². The van der Waals surface area contributed by atoms with Gasteiger partial charge in [0, 0.05) is 18.5 Å². The summed E-state index contributed by atoms with van der Waals surface area (Å²) in [5.74, 6) is -1.64. The van der Waals surface area contributed by atoms with Crippen LogP contribution in [0.1, 0.15) is 33.6 Å². The second-order valence-electron chi connectivity index (χ2n) is 4.59. The lowest BCUT2D eigenvalue weighted by molar-refractivity contribution is -0.121. The van der Waals surface area contributed by atoms with Crippen LogP contribution in [0.2, 0.25) is 0 Å². The van der Waals surface area contributed by atoms with E-state index in [1.54, 1.807) is 0 Å². The summed E-state index contributed by atoms with van der Waals surface area (Å²) >= 11 is 0. The van der Waals surface area contributed by atoms with Crippen LogP contribution in [-0.4, -0.2) is 29.3 Å². The number of anilines is 1. The molecule has 8 heteroatoms. The molecule has 0 atom stereocenters. The number of imide groups is 1. The molecular weight excluding hydrogens is 276 g/mol. The van der Waals surface area contributed by atoms with Crippen molar-refractivity contribution in [2.75, 3.05) is 5.32 Å². The van der Waals surface area contributed by atoms with Crippen molar-refractivity contribution in [1.29, 1.82) is 0 Å². The predicted molar refractivity (Wildman–Crippen MR) is 71.7 cm³/mol. The largest absolute Gasteiger partial charge is 0.321 e. The van der Waals surface area contributed by atoms with Gasteiger partial charge in [-0.25, -0.2) is 5.43 Å². The van der Waals surface area contributed by atoms with Crippen molar-refractivity contribution in [3.8, 4) is 0 Å². The van der Waals surface area contributed by atoms with Crippen LogP contribution in [-0.2, 0) is 9.59 Å². The lowest BCUT2D eigenvalue weighted by Gasteiger charge is -2.12. The van der Waals surface area contributed by atoms with Crippen LogP contribution >= 0.6 is 0 Å². The maximum Gasteiger partial charge on any atom is 0.271 e. The highest BCUT2D eigenvalue weighted by Crippen LogP contribution is 2.20. The van der Waals surface area contributed by atoms with Crippen molar-refractivity contribution in [2.45, 2.75) is 12.8 Å². The Kier molecular flexibility index (Phi) is 2.98. The smallest absolute Gasteiger partial charge is 0.271 e. The van der Waals surface area contributed by atoms with Crippen LogP contribution < -0.4 is 16.1 Å². The van der Waals surface area contributed by atoms with E-state index >= 15 is 0 Å². The zero-order valence-electron chi connectivity index (χ0n) is 10.7. The number of hydrogen-bond donors (Lipinski definition) is 3. The van der Waals surface area contributed by atoms with Gasteiger partial charge in [-0.05, 0) is 18.2 Å². The van der Waals surface area contributed by atoms with Gasteiger partial charge in [-0.1, -0.05) is 0 Å². The van der Waals surface area contributed by atoms with E-state index in [-0.39, 0.29) is 35.6 Å². The predicted octanol–water partition coefficient (Wildman–Crippen LogP) is -0.225. The summed E-state index contributed by atoms with van der Waals surface area (Å²) < 4.78 is 0. The van der Waals surface area contributed by atoms with E-state index < -0.39 is 17.7 Å². The molecule has 0 bridgehead atoms. The number of rotatable bonds is 2. The fraction of sp³-hybridized carbons (Fsp3) is 0.154. The molecule has 0 fully saturated rings. The number of benzene rings is 1. The van der Waals surface area contributed by atoms with Crippen LogP contribution in [0, 0.1) is 0 Å². The number of nitrogens with zero attached hydrogens (tertiary/aromatic N) is 1. The van der Waals surface area contributed by atoms with Gasteiger partial charge in [-0.3, -0.25) is 24.5 Å². The Hall–Kier alpha value is -3.03. The maximum atomic E-state index is 12.0. The molecule has 0 aromatic heterocycles. The van der Waals surface area contributed by atoms with Gasteiger partial charge in [-0.2, -0.15) is 5.10 Å². The number of hydrazone groups is 1. The summed E-state index contributed by atoms with van der Waals surface area (Å²) in [4.78, 5) is 45.9. The van der Waals surface area contributed by atoms with Gasteiger partial charge >= 0.3 is 0 Å². The second-order valence-corrected chi connectivity index (χ2v) is 4.59. The summed E-state index contributed by atoms with van der Waals surface area (Å²) in [7, 11) is 0. The molecule has 21 heavy (non-hydrogen) atoms. The number of amides is 4. The average molecular weight is 286 g/mol. The number of fused-ring (bicyclic) bond motifs is 1. The van der Waals surface area contributed by atoms with E-state index in [0.717, 1.165) is 0 Å². The van der Waals surface area contributed by atoms with Crippen molar-refractivity contribution in [3.63, 3.8) is 0 Å². The van der Waals surface area contributed by atoms with Crippen LogP contribution in [0.15, 0.2) is 23.3 Å². The first-order chi connectivity index (χ1) is 10.0. The highest BCUT2D eigenvalue weighted by atomic mass is 16.2. The monoisotopic (exact) mass is 286 g/mol. The topological polar surface area (TPSA) is 117 Å². The molecule has 0 spiro atoms. The third kappa shape index (κ3) is 2.38. The number of carbonyl (C=O) groups is 4. The summed E-state index contributed by atoms with van der Waals surface area (Å²) in [6.07, 6.45) is 0.453. The molecule has 2 aliphatic rings. The van der Waals surface area contributed by atoms with Gasteiger partial charge in [0.1, 0.15) is 5.71 Å². The highest BCUT2D eigenvalue weighted by Gasteiger charge is 2.27. The van der Waals surface area contributed by atoms with Gasteiger partial charge in [0.2, 0.25) is 5.91 Å². The molecule has 0 radical (unpaired) electrons. The quantitative estimate of drug-likeness (QED) is 0.651. The van der Waals surface area contributed by atoms with Gasteiger partial charge < -0.3 is 5.32 Å². The maximum absolute atomic E-state index is 12.0. The molecule has 3 N–H and O–H groups in total. The molecule has 2 aliphatic heterocycles. The first-order valence-corrected chi connectivity index (χ1v) is 6.21.